The molecule has 0 bridgehead atoms. The van der Waals surface area contributed by atoms with E-state index in [9.17, 15) is 0 Å². The second-order valence-electron chi connectivity index (χ2n) is 3.07. The fourth-order valence-corrected chi connectivity index (χ4v) is 2.31. The Kier molecular flexibility index (Phi) is 4.31. The van der Waals surface area contributed by atoms with Crippen molar-refractivity contribution in [3.8, 4) is 11.4 Å². The number of aromatic nitrogens is 2. The second kappa shape index (κ2) is 5.41. The fraction of sp³-hybridized carbons (Fsp3) is 0. The van der Waals surface area contributed by atoms with E-state index in [1.807, 2.05) is 6.07 Å². The molecule has 0 N–H and O–H groups in total. The molecule has 2 rings (SSSR count). The summed E-state index contributed by atoms with van der Waals surface area (Å²) in [6.07, 6.45) is 0. The maximum atomic E-state index is 6.08. The topological polar surface area (TPSA) is 25.8 Å². The van der Waals surface area contributed by atoms with E-state index in [0.717, 1.165) is 4.47 Å². The standard InChI is InChI=1S/C10H3Br2Cl3N2/c11-4-1-2-6(13)5(3-4)10-16-8(14)7(12)9(15)17-10/h1-3H. The van der Waals surface area contributed by atoms with Crippen LogP contribution in [0.3, 0.4) is 0 Å². The lowest BCUT2D eigenvalue weighted by Crippen LogP contribution is -1.92. The Hall–Kier alpha value is 0.130. The monoisotopic (exact) mass is 414 g/mol. The van der Waals surface area contributed by atoms with Crippen molar-refractivity contribution in [1.29, 1.82) is 0 Å². The SMILES string of the molecule is Clc1ccc(Br)cc1-c1nc(Cl)c(Br)c(Cl)n1. The lowest BCUT2D eigenvalue weighted by atomic mass is 10.2. The largest absolute Gasteiger partial charge is 0.215 e. The molecule has 0 saturated carbocycles. The third kappa shape index (κ3) is 2.93. The average molecular weight is 417 g/mol. The van der Waals surface area contributed by atoms with Gasteiger partial charge in [0.1, 0.15) is 10.3 Å². The molecule has 1 aromatic carbocycles. The van der Waals surface area contributed by atoms with Gasteiger partial charge in [-0.1, -0.05) is 50.7 Å². The zero-order chi connectivity index (χ0) is 12.6. The zero-order valence-corrected chi connectivity index (χ0v) is 13.5. The smallest absolute Gasteiger partial charge is 0.164 e. The highest BCUT2D eigenvalue weighted by molar-refractivity contribution is 9.10. The summed E-state index contributed by atoms with van der Waals surface area (Å²) in [7, 11) is 0. The van der Waals surface area contributed by atoms with Crippen LogP contribution in [-0.4, -0.2) is 9.97 Å². The molecule has 0 unspecified atom stereocenters. The first-order chi connectivity index (χ1) is 7.99. The average Bonchev–Trinajstić information content (AvgIpc) is 2.28. The summed E-state index contributed by atoms with van der Waals surface area (Å²) < 4.78 is 1.34. The van der Waals surface area contributed by atoms with Crippen molar-refractivity contribution in [3.63, 3.8) is 0 Å². The molecule has 0 radical (unpaired) electrons. The van der Waals surface area contributed by atoms with Crippen LogP contribution < -0.4 is 0 Å². The van der Waals surface area contributed by atoms with E-state index in [4.69, 9.17) is 34.8 Å². The van der Waals surface area contributed by atoms with Crippen LogP contribution in [0.15, 0.2) is 27.1 Å². The Balaban J connectivity index is 2.64. The molecule has 0 spiro atoms. The van der Waals surface area contributed by atoms with Crippen LogP contribution in [0.4, 0.5) is 0 Å². The van der Waals surface area contributed by atoms with Gasteiger partial charge in [0.05, 0.1) is 9.50 Å². The van der Waals surface area contributed by atoms with Gasteiger partial charge in [-0.2, -0.15) is 0 Å². The first kappa shape index (κ1) is 13.6. The number of nitrogens with zero attached hydrogens (tertiary/aromatic N) is 2. The van der Waals surface area contributed by atoms with Crippen molar-refractivity contribution in [3.05, 3.63) is 42.5 Å². The molecule has 17 heavy (non-hydrogen) atoms. The van der Waals surface area contributed by atoms with Gasteiger partial charge in [-0.05, 0) is 34.1 Å². The first-order valence-corrected chi connectivity index (χ1v) is 7.05. The summed E-state index contributed by atoms with van der Waals surface area (Å²) in [5.41, 5.74) is 0.664. The molecule has 88 valence electrons. The lowest BCUT2D eigenvalue weighted by Gasteiger charge is -2.06. The Labute approximate surface area is 130 Å². The minimum absolute atomic E-state index is 0.246. The summed E-state index contributed by atoms with van der Waals surface area (Å²) >= 11 is 24.5. The Morgan fingerprint density at radius 1 is 0.941 bits per heavy atom. The van der Waals surface area contributed by atoms with Crippen LogP contribution in [0.2, 0.25) is 15.3 Å². The van der Waals surface area contributed by atoms with E-state index in [2.05, 4.69) is 41.8 Å². The number of hydrogen-bond donors (Lipinski definition) is 0. The summed E-state index contributed by atoms with van der Waals surface area (Å²) in [5, 5.41) is 1.02. The van der Waals surface area contributed by atoms with Gasteiger partial charge in [-0.25, -0.2) is 9.97 Å². The highest BCUT2D eigenvalue weighted by atomic mass is 79.9. The van der Waals surface area contributed by atoms with Crippen LogP contribution in [0.5, 0.6) is 0 Å². The fourth-order valence-electron chi connectivity index (χ4n) is 1.18. The molecule has 2 nitrogen and oxygen atoms in total. The van der Waals surface area contributed by atoms with Crippen molar-refractivity contribution >= 4 is 66.7 Å². The van der Waals surface area contributed by atoms with Crippen molar-refractivity contribution in [2.75, 3.05) is 0 Å². The number of benzene rings is 1. The minimum atomic E-state index is 0.246. The molecule has 0 atom stereocenters. The lowest BCUT2D eigenvalue weighted by molar-refractivity contribution is 1.16. The van der Waals surface area contributed by atoms with Crippen molar-refractivity contribution in [2.45, 2.75) is 0 Å². The van der Waals surface area contributed by atoms with Crippen LogP contribution in [0.25, 0.3) is 11.4 Å². The molecule has 0 aliphatic carbocycles. The molecule has 0 amide bonds. The third-order valence-electron chi connectivity index (χ3n) is 1.94. The van der Waals surface area contributed by atoms with Crippen LogP contribution >= 0.6 is 66.7 Å². The van der Waals surface area contributed by atoms with Crippen molar-refractivity contribution in [1.82, 2.24) is 9.97 Å². The normalized spacial score (nSPS) is 10.6. The summed E-state index contributed by atoms with van der Waals surface area (Å²) in [6.45, 7) is 0. The molecule has 0 saturated heterocycles. The number of rotatable bonds is 1. The van der Waals surface area contributed by atoms with Crippen molar-refractivity contribution in [2.24, 2.45) is 0 Å². The van der Waals surface area contributed by atoms with Gasteiger partial charge in [-0.15, -0.1) is 0 Å². The van der Waals surface area contributed by atoms with Gasteiger partial charge < -0.3 is 0 Å². The van der Waals surface area contributed by atoms with Gasteiger partial charge in [-0.3, -0.25) is 0 Å². The van der Waals surface area contributed by atoms with E-state index in [-0.39, 0.29) is 10.3 Å². The molecular weight excluding hydrogens is 414 g/mol. The highest BCUT2D eigenvalue weighted by Crippen LogP contribution is 2.33. The summed E-state index contributed by atoms with van der Waals surface area (Å²) in [4.78, 5) is 8.25. The maximum Gasteiger partial charge on any atom is 0.164 e. The second-order valence-corrected chi connectivity index (χ2v) is 5.90. The highest BCUT2D eigenvalue weighted by Gasteiger charge is 2.13. The van der Waals surface area contributed by atoms with Gasteiger partial charge in [0.15, 0.2) is 5.82 Å². The Morgan fingerprint density at radius 2 is 1.53 bits per heavy atom. The maximum absolute atomic E-state index is 6.08. The molecule has 1 heterocycles. The van der Waals surface area contributed by atoms with Crippen LogP contribution in [0, 0.1) is 0 Å². The molecule has 1 aromatic heterocycles. The van der Waals surface area contributed by atoms with Gasteiger partial charge >= 0.3 is 0 Å². The number of halogens is 5. The zero-order valence-electron chi connectivity index (χ0n) is 8.02. The van der Waals surface area contributed by atoms with E-state index in [0.29, 0.717) is 20.9 Å². The van der Waals surface area contributed by atoms with E-state index in [1.54, 1.807) is 12.1 Å². The molecular formula is C10H3Br2Cl3N2. The van der Waals surface area contributed by atoms with Gasteiger partial charge in [0.2, 0.25) is 0 Å². The predicted octanol–water partition coefficient (Wildman–Crippen LogP) is 5.63. The van der Waals surface area contributed by atoms with E-state index in [1.165, 1.54) is 0 Å². The van der Waals surface area contributed by atoms with Gasteiger partial charge in [0, 0.05) is 10.0 Å². The summed E-state index contributed by atoms with van der Waals surface area (Å²) in [5.74, 6) is 0.384. The predicted molar refractivity (Wildman–Crippen MR) is 77.9 cm³/mol. The first-order valence-electron chi connectivity index (χ1n) is 4.33. The third-order valence-corrected chi connectivity index (χ3v) is 4.52. The molecule has 2 aromatic rings. The van der Waals surface area contributed by atoms with Crippen LogP contribution in [-0.2, 0) is 0 Å². The minimum Gasteiger partial charge on any atom is -0.215 e. The molecule has 0 aliphatic rings. The van der Waals surface area contributed by atoms with Gasteiger partial charge in [0.25, 0.3) is 0 Å². The van der Waals surface area contributed by atoms with E-state index >= 15 is 0 Å². The van der Waals surface area contributed by atoms with Crippen molar-refractivity contribution < 1.29 is 0 Å². The molecule has 0 fully saturated rings. The quantitative estimate of drug-likeness (QED) is 0.563. The Bertz CT molecular complexity index is 567. The Morgan fingerprint density at radius 3 is 2.12 bits per heavy atom. The van der Waals surface area contributed by atoms with E-state index < -0.39 is 0 Å². The molecule has 0 aliphatic heterocycles. The molecule has 7 heteroatoms. The van der Waals surface area contributed by atoms with Crippen LogP contribution in [0.1, 0.15) is 0 Å². The number of hydrogen-bond acceptors (Lipinski definition) is 2. The summed E-state index contributed by atoms with van der Waals surface area (Å²) in [6, 6.07) is 5.38.